The highest BCUT2D eigenvalue weighted by Crippen LogP contribution is 2.33. The monoisotopic (exact) mass is 340 g/mol. The predicted molar refractivity (Wildman–Crippen MR) is 90.6 cm³/mol. The predicted octanol–water partition coefficient (Wildman–Crippen LogP) is 1.13. The third-order valence-corrected chi connectivity index (χ3v) is 3.75. The summed E-state index contributed by atoms with van der Waals surface area (Å²) in [4.78, 5) is 38.3. The van der Waals surface area contributed by atoms with Gasteiger partial charge in [0.15, 0.2) is 0 Å². The van der Waals surface area contributed by atoms with Crippen molar-refractivity contribution >= 4 is 35.1 Å². The second kappa shape index (κ2) is 7.02. The lowest BCUT2D eigenvalue weighted by Crippen LogP contribution is -2.29. The van der Waals surface area contributed by atoms with Crippen molar-refractivity contribution < 1.29 is 19.6 Å². The van der Waals surface area contributed by atoms with E-state index in [-0.39, 0.29) is 24.8 Å². The Morgan fingerprint density at radius 1 is 1.24 bits per heavy atom. The Kier molecular flexibility index (Phi) is 4.62. The first kappa shape index (κ1) is 16.5. The molecule has 25 heavy (non-hydrogen) atoms. The number of carbonyl (C=O) groups excluding carboxylic acids is 3. The highest BCUT2D eigenvalue weighted by molar-refractivity contribution is 6.35. The number of hydrogen-bond acceptors (Lipinski definition) is 4. The molecule has 1 aromatic heterocycles. The summed E-state index contributed by atoms with van der Waals surface area (Å²) in [6.45, 7) is 0.0880. The number of benzene rings is 1. The van der Waals surface area contributed by atoms with Crippen LogP contribution in [0.3, 0.4) is 0 Å². The van der Waals surface area contributed by atoms with Crippen molar-refractivity contribution in [1.82, 2.24) is 15.8 Å². The van der Waals surface area contributed by atoms with Crippen molar-refractivity contribution in [3.8, 4) is 0 Å². The van der Waals surface area contributed by atoms with Gasteiger partial charge >= 0.3 is 0 Å². The molecule has 0 fully saturated rings. The molecule has 0 bridgehead atoms. The minimum absolute atomic E-state index is 0.0365. The number of fused-ring (bicyclic) bond motifs is 1. The maximum Gasteiger partial charge on any atom is 0.256 e. The quantitative estimate of drug-likeness (QED) is 0.318. The highest BCUT2D eigenvalue weighted by atomic mass is 16.5. The van der Waals surface area contributed by atoms with Gasteiger partial charge in [-0.25, -0.2) is 5.48 Å². The molecule has 0 saturated heterocycles. The molecule has 8 heteroatoms. The first-order chi connectivity index (χ1) is 12.1. The molecule has 0 aliphatic carbocycles. The van der Waals surface area contributed by atoms with Gasteiger partial charge in [-0.15, -0.1) is 0 Å². The Hall–Kier alpha value is -3.39. The number of hydroxylamine groups is 1. The van der Waals surface area contributed by atoms with Gasteiger partial charge in [-0.1, -0.05) is 0 Å². The van der Waals surface area contributed by atoms with Crippen LogP contribution in [0.15, 0.2) is 36.5 Å². The summed E-state index contributed by atoms with van der Waals surface area (Å²) in [5.41, 5.74) is 4.39. The fourth-order valence-corrected chi connectivity index (χ4v) is 2.51. The number of carbonyl (C=O) groups is 3. The van der Waals surface area contributed by atoms with Crippen LogP contribution in [0, 0.1) is 0 Å². The highest BCUT2D eigenvalue weighted by Gasteiger charge is 2.25. The lowest BCUT2D eigenvalue weighted by Gasteiger charge is -2.06. The molecule has 0 unspecified atom stereocenters. The van der Waals surface area contributed by atoms with Gasteiger partial charge < -0.3 is 15.6 Å². The van der Waals surface area contributed by atoms with Crippen LogP contribution in [-0.2, 0) is 9.59 Å². The van der Waals surface area contributed by atoms with E-state index in [4.69, 9.17) is 5.21 Å². The van der Waals surface area contributed by atoms with Crippen molar-refractivity contribution in [1.29, 1.82) is 0 Å². The topological polar surface area (TPSA) is 123 Å². The van der Waals surface area contributed by atoms with Crippen molar-refractivity contribution in [2.24, 2.45) is 0 Å². The molecule has 2 heterocycles. The molecule has 1 aromatic carbocycles. The van der Waals surface area contributed by atoms with Gasteiger partial charge in [-0.3, -0.25) is 19.6 Å². The molecule has 2 aromatic rings. The number of anilines is 1. The Labute approximate surface area is 142 Å². The van der Waals surface area contributed by atoms with E-state index in [9.17, 15) is 14.4 Å². The smallest absolute Gasteiger partial charge is 0.256 e. The van der Waals surface area contributed by atoms with Crippen molar-refractivity contribution in [3.05, 3.63) is 53.3 Å². The molecule has 3 rings (SSSR count). The normalized spacial score (nSPS) is 14.1. The van der Waals surface area contributed by atoms with Crippen LogP contribution in [0.1, 0.15) is 28.0 Å². The molecular weight excluding hydrogens is 324 g/mol. The Morgan fingerprint density at radius 2 is 2.08 bits per heavy atom. The van der Waals surface area contributed by atoms with Gasteiger partial charge in [0.25, 0.3) is 11.8 Å². The van der Waals surface area contributed by atoms with Gasteiger partial charge in [0.1, 0.15) is 0 Å². The van der Waals surface area contributed by atoms with E-state index in [1.54, 1.807) is 30.5 Å². The summed E-state index contributed by atoms with van der Waals surface area (Å²) < 4.78 is 0. The fraction of sp³-hybridized carbons (Fsp3) is 0.118. The number of hydrogen-bond donors (Lipinski definition) is 5. The summed E-state index contributed by atoms with van der Waals surface area (Å²) in [5.74, 6) is -1.19. The van der Waals surface area contributed by atoms with E-state index in [0.717, 1.165) is 5.69 Å². The summed E-state index contributed by atoms with van der Waals surface area (Å²) >= 11 is 0. The number of H-pyrrole nitrogens is 1. The van der Waals surface area contributed by atoms with Gasteiger partial charge in [0.2, 0.25) is 5.91 Å². The molecule has 0 atom stereocenters. The van der Waals surface area contributed by atoms with Gasteiger partial charge in [-0.2, -0.15) is 0 Å². The minimum atomic E-state index is -0.583. The molecule has 128 valence electrons. The second-order valence-electron chi connectivity index (χ2n) is 5.44. The molecule has 5 N–H and O–H groups in total. The summed E-state index contributed by atoms with van der Waals surface area (Å²) in [7, 11) is 0. The third-order valence-electron chi connectivity index (χ3n) is 3.75. The molecule has 0 spiro atoms. The average Bonchev–Trinajstić information content (AvgIpc) is 3.23. The van der Waals surface area contributed by atoms with E-state index in [0.29, 0.717) is 22.4 Å². The lowest BCUT2D eigenvalue weighted by atomic mass is 10.0. The van der Waals surface area contributed by atoms with Gasteiger partial charge in [-0.05, 0) is 36.4 Å². The Balaban J connectivity index is 1.79. The van der Waals surface area contributed by atoms with E-state index >= 15 is 0 Å². The largest absolute Gasteiger partial charge is 0.362 e. The van der Waals surface area contributed by atoms with E-state index in [1.165, 1.54) is 5.48 Å². The minimum Gasteiger partial charge on any atom is -0.362 e. The first-order valence-corrected chi connectivity index (χ1v) is 7.60. The van der Waals surface area contributed by atoms with Crippen LogP contribution < -0.4 is 16.1 Å². The van der Waals surface area contributed by atoms with Crippen molar-refractivity contribution in [3.63, 3.8) is 0 Å². The zero-order chi connectivity index (χ0) is 17.8. The number of aromatic nitrogens is 1. The van der Waals surface area contributed by atoms with Gasteiger partial charge in [0, 0.05) is 41.7 Å². The maximum atomic E-state index is 12.2. The fourth-order valence-electron chi connectivity index (χ4n) is 2.51. The number of rotatable bonds is 5. The van der Waals surface area contributed by atoms with E-state index in [2.05, 4.69) is 15.6 Å². The molecule has 1 aliphatic heterocycles. The Morgan fingerprint density at radius 3 is 2.80 bits per heavy atom. The summed E-state index contributed by atoms with van der Waals surface area (Å²) in [6, 6.07) is 8.55. The van der Waals surface area contributed by atoms with E-state index < -0.39 is 5.91 Å². The summed E-state index contributed by atoms with van der Waals surface area (Å²) in [5, 5.41) is 13.8. The number of aromatic amines is 1. The van der Waals surface area contributed by atoms with E-state index in [1.807, 2.05) is 12.1 Å². The zero-order valence-electron chi connectivity index (χ0n) is 13.1. The van der Waals surface area contributed by atoms with Crippen LogP contribution in [0.4, 0.5) is 5.69 Å². The first-order valence-electron chi connectivity index (χ1n) is 7.60. The average molecular weight is 340 g/mol. The van der Waals surface area contributed by atoms with Crippen molar-refractivity contribution in [2.45, 2.75) is 6.42 Å². The SMILES string of the molecule is O=C(CCNC(=O)c1ccc2c(c1)C(=Cc1ccc[nH]1)C(=O)N2)NO. The molecule has 3 amide bonds. The standard InChI is InChI=1S/C17H16N4O4/c22-15(21-25)5-7-19-16(23)10-3-4-14-12(8-10)13(17(24)20-14)9-11-2-1-6-18-11/h1-4,6,8-9,18,25H,5,7H2,(H,19,23)(H,20,24)(H,21,22). The van der Waals surface area contributed by atoms with Crippen LogP contribution in [0.2, 0.25) is 0 Å². The molecule has 1 aliphatic rings. The third kappa shape index (κ3) is 3.59. The van der Waals surface area contributed by atoms with Crippen LogP contribution in [-0.4, -0.2) is 34.5 Å². The van der Waals surface area contributed by atoms with Crippen LogP contribution in [0.25, 0.3) is 11.6 Å². The number of nitrogens with one attached hydrogen (secondary N) is 4. The maximum absolute atomic E-state index is 12.2. The zero-order valence-corrected chi connectivity index (χ0v) is 13.1. The lowest BCUT2D eigenvalue weighted by molar-refractivity contribution is -0.129. The second-order valence-corrected chi connectivity index (χ2v) is 5.44. The molecule has 8 nitrogen and oxygen atoms in total. The molecule has 0 saturated carbocycles. The molecular formula is C17H16N4O4. The van der Waals surface area contributed by atoms with Crippen LogP contribution in [0.5, 0.6) is 0 Å². The van der Waals surface area contributed by atoms with Crippen molar-refractivity contribution in [2.75, 3.05) is 11.9 Å². The van der Waals surface area contributed by atoms with Gasteiger partial charge in [0.05, 0.1) is 5.57 Å². The Bertz CT molecular complexity index is 856. The van der Waals surface area contributed by atoms with Crippen LogP contribution >= 0.6 is 0 Å². The molecule has 0 radical (unpaired) electrons. The number of amides is 3. The summed E-state index contributed by atoms with van der Waals surface area (Å²) in [6.07, 6.45) is 3.44.